The molecule has 1 heterocycles. The van der Waals surface area contributed by atoms with Crippen molar-refractivity contribution in [3.05, 3.63) is 84.9 Å². The van der Waals surface area contributed by atoms with Gasteiger partial charge in [0, 0.05) is 28.4 Å². The summed E-state index contributed by atoms with van der Waals surface area (Å²) >= 11 is 1.60. The van der Waals surface area contributed by atoms with Crippen LogP contribution in [-0.2, 0) is 9.59 Å². The summed E-state index contributed by atoms with van der Waals surface area (Å²) in [7, 11) is 0. The summed E-state index contributed by atoms with van der Waals surface area (Å²) in [4.78, 5) is 29.0. The summed E-state index contributed by atoms with van der Waals surface area (Å²) in [5, 5.41) is 3.03. The summed E-state index contributed by atoms with van der Waals surface area (Å²) in [5.41, 5.74) is 1.61. The van der Waals surface area contributed by atoms with E-state index in [0.29, 0.717) is 6.54 Å². The second-order valence-corrected chi connectivity index (χ2v) is 7.76. The number of hydrogen-bond acceptors (Lipinski definition) is 3. The first-order valence-corrected chi connectivity index (χ1v) is 10.0. The minimum absolute atomic E-state index is 0.0155. The van der Waals surface area contributed by atoms with Gasteiger partial charge in [-0.3, -0.25) is 9.59 Å². The molecule has 1 atom stereocenters. The van der Waals surface area contributed by atoms with E-state index in [1.54, 1.807) is 16.7 Å². The van der Waals surface area contributed by atoms with E-state index in [9.17, 15) is 9.59 Å². The van der Waals surface area contributed by atoms with Crippen molar-refractivity contribution >= 4 is 35.0 Å². The van der Waals surface area contributed by atoms with Crippen LogP contribution in [0.1, 0.15) is 6.42 Å². The maximum Gasteiger partial charge on any atom is 0.229 e. The first kappa shape index (κ1) is 18.3. The predicted octanol–water partition coefficient (Wildman–Crippen LogP) is 4.83. The van der Waals surface area contributed by atoms with Gasteiger partial charge < -0.3 is 10.2 Å². The minimum Gasteiger partial charge on any atom is -0.325 e. The number of anilines is 2. The first-order chi connectivity index (χ1) is 13.7. The van der Waals surface area contributed by atoms with Crippen molar-refractivity contribution in [2.45, 2.75) is 16.2 Å². The van der Waals surface area contributed by atoms with Crippen LogP contribution in [0.25, 0.3) is 0 Å². The van der Waals surface area contributed by atoms with E-state index in [1.807, 2.05) is 84.9 Å². The molecule has 1 aliphatic rings. The SMILES string of the molecule is O=C(Nc1ccccc1Sc1ccccc1)[C@@H]1CC(=O)N(c2ccccc2)C1. The van der Waals surface area contributed by atoms with Gasteiger partial charge in [-0.05, 0) is 36.4 Å². The Bertz CT molecular complexity index is 976. The Balaban J connectivity index is 1.47. The van der Waals surface area contributed by atoms with E-state index in [1.165, 1.54) is 0 Å². The number of carbonyl (C=O) groups excluding carboxylic acids is 2. The zero-order valence-corrected chi connectivity index (χ0v) is 16.1. The zero-order chi connectivity index (χ0) is 19.3. The topological polar surface area (TPSA) is 49.4 Å². The van der Waals surface area contributed by atoms with Crippen LogP contribution in [0.5, 0.6) is 0 Å². The van der Waals surface area contributed by atoms with Gasteiger partial charge in [0.05, 0.1) is 11.6 Å². The maximum atomic E-state index is 12.8. The number of para-hydroxylation sites is 2. The van der Waals surface area contributed by atoms with Crippen molar-refractivity contribution in [1.82, 2.24) is 0 Å². The lowest BCUT2D eigenvalue weighted by atomic mass is 10.1. The van der Waals surface area contributed by atoms with Gasteiger partial charge in [-0.25, -0.2) is 0 Å². The highest BCUT2D eigenvalue weighted by molar-refractivity contribution is 7.99. The lowest BCUT2D eigenvalue weighted by Gasteiger charge is -2.17. The van der Waals surface area contributed by atoms with Gasteiger partial charge in [-0.1, -0.05) is 60.3 Å². The Hall–Kier alpha value is -3.05. The van der Waals surface area contributed by atoms with Crippen LogP contribution >= 0.6 is 11.8 Å². The van der Waals surface area contributed by atoms with E-state index in [2.05, 4.69) is 5.32 Å². The fraction of sp³-hybridized carbons (Fsp3) is 0.130. The van der Waals surface area contributed by atoms with Gasteiger partial charge in [0.25, 0.3) is 0 Å². The molecule has 0 radical (unpaired) electrons. The second-order valence-electron chi connectivity index (χ2n) is 6.64. The van der Waals surface area contributed by atoms with Crippen molar-refractivity contribution < 1.29 is 9.59 Å². The van der Waals surface area contributed by atoms with Crippen LogP contribution in [-0.4, -0.2) is 18.4 Å². The number of benzene rings is 3. The lowest BCUT2D eigenvalue weighted by Crippen LogP contribution is -2.28. The van der Waals surface area contributed by atoms with Crippen LogP contribution in [0.4, 0.5) is 11.4 Å². The van der Waals surface area contributed by atoms with Gasteiger partial charge in [-0.15, -0.1) is 0 Å². The summed E-state index contributed by atoms with van der Waals surface area (Å²) in [5.74, 6) is -0.492. The molecule has 0 aromatic heterocycles. The van der Waals surface area contributed by atoms with E-state index < -0.39 is 0 Å². The van der Waals surface area contributed by atoms with E-state index >= 15 is 0 Å². The van der Waals surface area contributed by atoms with Crippen molar-refractivity contribution in [2.75, 3.05) is 16.8 Å². The van der Waals surface area contributed by atoms with Crippen molar-refractivity contribution in [3.8, 4) is 0 Å². The summed E-state index contributed by atoms with van der Waals surface area (Å²) in [6, 6.07) is 27.3. The molecule has 1 N–H and O–H groups in total. The fourth-order valence-corrected chi connectivity index (χ4v) is 4.17. The van der Waals surface area contributed by atoms with E-state index in [-0.39, 0.29) is 24.2 Å². The highest BCUT2D eigenvalue weighted by atomic mass is 32.2. The molecule has 28 heavy (non-hydrogen) atoms. The van der Waals surface area contributed by atoms with Crippen LogP contribution in [0.2, 0.25) is 0 Å². The fourth-order valence-electron chi connectivity index (χ4n) is 3.25. The van der Waals surface area contributed by atoms with Gasteiger partial charge in [-0.2, -0.15) is 0 Å². The molecule has 4 rings (SSSR count). The number of carbonyl (C=O) groups is 2. The molecule has 0 aliphatic carbocycles. The predicted molar refractivity (Wildman–Crippen MR) is 113 cm³/mol. The van der Waals surface area contributed by atoms with Crippen LogP contribution in [0.15, 0.2) is 94.7 Å². The Morgan fingerprint density at radius 1 is 0.893 bits per heavy atom. The number of amides is 2. The van der Waals surface area contributed by atoms with Gasteiger partial charge in [0.2, 0.25) is 11.8 Å². The van der Waals surface area contributed by atoms with Crippen LogP contribution in [0, 0.1) is 5.92 Å². The molecular weight excluding hydrogens is 368 g/mol. The van der Waals surface area contributed by atoms with Gasteiger partial charge in [0.15, 0.2) is 0 Å². The van der Waals surface area contributed by atoms with E-state index in [0.717, 1.165) is 21.2 Å². The Morgan fingerprint density at radius 3 is 2.29 bits per heavy atom. The molecule has 0 saturated carbocycles. The standard InChI is InChI=1S/C23H20N2O2S/c26-22-15-17(16-25(22)18-9-3-1-4-10-18)23(27)24-20-13-7-8-14-21(20)28-19-11-5-2-6-12-19/h1-14,17H,15-16H2,(H,24,27)/t17-/m1/s1. The van der Waals surface area contributed by atoms with Gasteiger partial charge in [0.1, 0.15) is 0 Å². The molecule has 0 unspecified atom stereocenters. The van der Waals surface area contributed by atoms with E-state index in [4.69, 9.17) is 0 Å². The lowest BCUT2D eigenvalue weighted by molar-refractivity contribution is -0.122. The maximum absolute atomic E-state index is 12.8. The summed E-state index contributed by atoms with van der Waals surface area (Å²) in [6.45, 7) is 0.405. The number of nitrogens with one attached hydrogen (secondary N) is 1. The number of rotatable bonds is 5. The molecule has 0 bridgehead atoms. The summed E-state index contributed by atoms with van der Waals surface area (Å²) < 4.78 is 0. The highest BCUT2D eigenvalue weighted by Gasteiger charge is 2.35. The molecule has 4 nitrogen and oxygen atoms in total. The zero-order valence-electron chi connectivity index (χ0n) is 15.2. The third kappa shape index (κ3) is 4.10. The Labute approximate surface area is 168 Å². The second kappa shape index (κ2) is 8.31. The number of nitrogens with zero attached hydrogens (tertiary/aromatic N) is 1. The Morgan fingerprint density at radius 2 is 1.54 bits per heavy atom. The number of hydrogen-bond donors (Lipinski definition) is 1. The normalized spacial score (nSPS) is 16.2. The third-order valence-corrected chi connectivity index (χ3v) is 5.76. The minimum atomic E-state index is -0.359. The third-order valence-electron chi connectivity index (χ3n) is 4.68. The van der Waals surface area contributed by atoms with Crippen LogP contribution in [0.3, 0.4) is 0 Å². The molecule has 3 aromatic rings. The smallest absolute Gasteiger partial charge is 0.229 e. The monoisotopic (exact) mass is 388 g/mol. The largest absolute Gasteiger partial charge is 0.325 e. The van der Waals surface area contributed by atoms with Crippen molar-refractivity contribution in [1.29, 1.82) is 0 Å². The summed E-state index contributed by atoms with van der Waals surface area (Å²) in [6.07, 6.45) is 0.231. The molecule has 5 heteroatoms. The average molecular weight is 388 g/mol. The first-order valence-electron chi connectivity index (χ1n) is 9.19. The Kier molecular flexibility index (Phi) is 5.44. The highest BCUT2D eigenvalue weighted by Crippen LogP contribution is 2.34. The van der Waals surface area contributed by atoms with Crippen molar-refractivity contribution in [2.24, 2.45) is 5.92 Å². The van der Waals surface area contributed by atoms with Crippen LogP contribution < -0.4 is 10.2 Å². The van der Waals surface area contributed by atoms with Crippen molar-refractivity contribution in [3.63, 3.8) is 0 Å². The molecule has 3 aromatic carbocycles. The molecular formula is C23H20N2O2S. The average Bonchev–Trinajstić information content (AvgIpc) is 3.13. The molecule has 2 amide bonds. The molecule has 1 saturated heterocycles. The molecule has 0 spiro atoms. The molecule has 1 fully saturated rings. The molecule has 1 aliphatic heterocycles. The molecule has 140 valence electrons. The quantitative estimate of drug-likeness (QED) is 0.681. The van der Waals surface area contributed by atoms with Gasteiger partial charge >= 0.3 is 0 Å².